The summed E-state index contributed by atoms with van der Waals surface area (Å²) in [5.41, 5.74) is 4.82. The topological polar surface area (TPSA) is 44.8 Å². The Labute approximate surface area is 167 Å². The lowest BCUT2D eigenvalue weighted by molar-refractivity contribution is -0.116. The highest BCUT2D eigenvalue weighted by molar-refractivity contribution is 5.93. The Morgan fingerprint density at radius 1 is 1.04 bits per heavy atom. The van der Waals surface area contributed by atoms with E-state index in [4.69, 9.17) is 4.74 Å². The smallest absolute Gasteiger partial charge is 0.224 e. The minimum atomic E-state index is 0.101. The third kappa shape index (κ3) is 4.47. The van der Waals surface area contributed by atoms with Crippen LogP contribution < -0.4 is 15.0 Å². The van der Waals surface area contributed by atoms with Crippen LogP contribution in [0.15, 0.2) is 42.5 Å². The number of hydrogen-bond acceptors (Lipinski definition) is 4. The Morgan fingerprint density at radius 3 is 2.68 bits per heavy atom. The zero-order chi connectivity index (χ0) is 19.3. The second-order valence-corrected chi connectivity index (χ2v) is 7.68. The van der Waals surface area contributed by atoms with Crippen molar-refractivity contribution in [2.75, 3.05) is 49.5 Å². The van der Waals surface area contributed by atoms with Crippen molar-refractivity contribution in [2.45, 2.75) is 26.2 Å². The molecule has 1 saturated heterocycles. The highest BCUT2D eigenvalue weighted by Gasteiger charge is 2.18. The molecule has 0 spiro atoms. The lowest BCUT2D eigenvalue weighted by Crippen LogP contribution is -2.47. The molecule has 0 atom stereocenters. The monoisotopic (exact) mass is 379 g/mol. The van der Waals surface area contributed by atoms with Crippen LogP contribution in [0.2, 0.25) is 0 Å². The summed E-state index contributed by atoms with van der Waals surface area (Å²) < 4.78 is 5.95. The fourth-order valence-electron chi connectivity index (χ4n) is 4.06. The molecule has 1 fully saturated rings. The van der Waals surface area contributed by atoms with E-state index in [-0.39, 0.29) is 5.91 Å². The van der Waals surface area contributed by atoms with E-state index in [0.717, 1.165) is 63.6 Å². The van der Waals surface area contributed by atoms with Crippen molar-refractivity contribution >= 4 is 17.3 Å². The van der Waals surface area contributed by atoms with E-state index in [1.165, 1.54) is 16.8 Å². The zero-order valence-electron chi connectivity index (χ0n) is 16.6. The Kier molecular flexibility index (Phi) is 5.81. The van der Waals surface area contributed by atoms with Gasteiger partial charge in [-0.25, -0.2) is 0 Å². The highest BCUT2D eigenvalue weighted by Crippen LogP contribution is 2.27. The first-order chi connectivity index (χ1) is 13.7. The van der Waals surface area contributed by atoms with Crippen LogP contribution in [0, 0.1) is 6.92 Å². The van der Waals surface area contributed by atoms with Crippen molar-refractivity contribution in [2.24, 2.45) is 0 Å². The van der Waals surface area contributed by atoms with Gasteiger partial charge in [0.1, 0.15) is 5.75 Å². The van der Waals surface area contributed by atoms with Gasteiger partial charge in [-0.3, -0.25) is 9.69 Å². The molecule has 0 aliphatic carbocycles. The van der Waals surface area contributed by atoms with Gasteiger partial charge < -0.3 is 15.0 Å². The summed E-state index contributed by atoms with van der Waals surface area (Å²) in [6.07, 6.45) is 2.38. The van der Waals surface area contributed by atoms with Crippen LogP contribution in [-0.4, -0.2) is 50.1 Å². The van der Waals surface area contributed by atoms with Crippen LogP contribution >= 0.6 is 0 Å². The molecular weight excluding hydrogens is 350 g/mol. The molecule has 0 unspecified atom stereocenters. The average Bonchev–Trinajstić information content (AvgIpc) is 2.72. The first-order valence-electron chi connectivity index (χ1n) is 10.3. The molecule has 0 bridgehead atoms. The lowest BCUT2D eigenvalue weighted by Gasteiger charge is -2.36. The summed E-state index contributed by atoms with van der Waals surface area (Å²) in [4.78, 5) is 16.5. The average molecular weight is 380 g/mol. The summed E-state index contributed by atoms with van der Waals surface area (Å²) in [5, 5.41) is 2.91. The van der Waals surface area contributed by atoms with Crippen molar-refractivity contribution in [3.05, 3.63) is 53.6 Å². The van der Waals surface area contributed by atoms with E-state index >= 15 is 0 Å². The minimum Gasteiger partial charge on any atom is -0.494 e. The lowest BCUT2D eigenvalue weighted by atomic mass is 10.0. The predicted octanol–water partition coefficient (Wildman–Crippen LogP) is 3.47. The third-order valence-corrected chi connectivity index (χ3v) is 5.69. The number of benzene rings is 2. The molecule has 4 rings (SSSR count). The van der Waals surface area contributed by atoms with Crippen LogP contribution in [0.3, 0.4) is 0 Å². The number of nitrogens with zero attached hydrogens (tertiary/aromatic N) is 2. The van der Waals surface area contributed by atoms with Crippen molar-refractivity contribution in [3.8, 4) is 5.75 Å². The molecular formula is C23H29N3O2. The van der Waals surface area contributed by atoms with Crippen molar-refractivity contribution in [1.29, 1.82) is 0 Å². The maximum Gasteiger partial charge on any atom is 0.224 e. The number of hydrogen-bond donors (Lipinski definition) is 1. The molecule has 28 heavy (non-hydrogen) atoms. The van der Waals surface area contributed by atoms with Gasteiger partial charge in [-0.15, -0.1) is 0 Å². The fraction of sp³-hybridized carbons (Fsp3) is 0.435. The van der Waals surface area contributed by atoms with Crippen LogP contribution in [0.25, 0.3) is 0 Å². The first-order valence-corrected chi connectivity index (χ1v) is 10.3. The van der Waals surface area contributed by atoms with Gasteiger partial charge in [-0.05, 0) is 55.2 Å². The van der Waals surface area contributed by atoms with Crippen LogP contribution in [0.1, 0.15) is 24.0 Å². The first kappa shape index (κ1) is 18.8. The summed E-state index contributed by atoms with van der Waals surface area (Å²) in [5.74, 6) is 1.00. The number of anilines is 2. The quantitative estimate of drug-likeness (QED) is 0.781. The molecule has 5 heteroatoms. The van der Waals surface area contributed by atoms with Crippen LogP contribution in [0.5, 0.6) is 5.75 Å². The number of amides is 1. The maximum absolute atomic E-state index is 11.4. The molecule has 0 aromatic heterocycles. The second kappa shape index (κ2) is 8.65. The third-order valence-electron chi connectivity index (χ3n) is 5.69. The Bertz CT molecular complexity index is 828. The number of piperazine rings is 1. The van der Waals surface area contributed by atoms with Gasteiger partial charge in [0.15, 0.2) is 0 Å². The zero-order valence-corrected chi connectivity index (χ0v) is 16.6. The second-order valence-electron chi connectivity index (χ2n) is 7.68. The van der Waals surface area contributed by atoms with Gasteiger partial charge >= 0.3 is 0 Å². The van der Waals surface area contributed by atoms with Gasteiger partial charge in [0, 0.05) is 50.5 Å². The molecule has 5 nitrogen and oxygen atoms in total. The van der Waals surface area contributed by atoms with Gasteiger partial charge in [0.05, 0.1) is 6.61 Å². The molecule has 2 aromatic carbocycles. The molecule has 0 radical (unpaired) electrons. The molecule has 1 amide bonds. The van der Waals surface area contributed by atoms with E-state index in [0.29, 0.717) is 6.42 Å². The molecule has 2 aliphatic heterocycles. The van der Waals surface area contributed by atoms with E-state index in [1.54, 1.807) is 0 Å². The molecule has 0 saturated carbocycles. The summed E-state index contributed by atoms with van der Waals surface area (Å²) in [6, 6.07) is 14.6. The summed E-state index contributed by atoms with van der Waals surface area (Å²) in [7, 11) is 0. The van der Waals surface area contributed by atoms with Crippen LogP contribution in [-0.2, 0) is 11.2 Å². The van der Waals surface area contributed by atoms with E-state index in [1.807, 2.05) is 12.1 Å². The normalized spacial score (nSPS) is 17.2. The fourth-order valence-corrected chi connectivity index (χ4v) is 4.06. The Morgan fingerprint density at radius 2 is 1.86 bits per heavy atom. The van der Waals surface area contributed by atoms with Crippen molar-refractivity contribution in [3.63, 3.8) is 0 Å². The minimum absolute atomic E-state index is 0.101. The number of fused-ring (bicyclic) bond motifs is 1. The Balaban J connectivity index is 1.19. The molecule has 2 aliphatic rings. The van der Waals surface area contributed by atoms with Crippen LogP contribution in [0.4, 0.5) is 11.4 Å². The van der Waals surface area contributed by atoms with Crippen molar-refractivity contribution < 1.29 is 9.53 Å². The summed E-state index contributed by atoms with van der Waals surface area (Å²) >= 11 is 0. The van der Waals surface area contributed by atoms with Gasteiger partial charge in [-0.2, -0.15) is 0 Å². The van der Waals surface area contributed by atoms with Gasteiger partial charge in [0.25, 0.3) is 0 Å². The van der Waals surface area contributed by atoms with Crippen molar-refractivity contribution in [1.82, 2.24) is 4.90 Å². The van der Waals surface area contributed by atoms with E-state index < -0.39 is 0 Å². The molecule has 148 valence electrons. The predicted molar refractivity (Wildman–Crippen MR) is 113 cm³/mol. The number of aryl methyl sites for hydroxylation is 2. The number of carbonyl (C=O) groups is 1. The number of nitrogens with one attached hydrogen (secondary N) is 1. The van der Waals surface area contributed by atoms with Gasteiger partial charge in [-0.1, -0.05) is 18.2 Å². The molecule has 1 N–H and O–H groups in total. The SMILES string of the molecule is Cc1ccccc1N1CCN(CCCOc2ccc3c(c2)CCC(=O)N3)CC1. The largest absolute Gasteiger partial charge is 0.494 e. The van der Waals surface area contributed by atoms with E-state index in [9.17, 15) is 4.79 Å². The molecule has 2 aromatic rings. The summed E-state index contributed by atoms with van der Waals surface area (Å²) in [6.45, 7) is 8.36. The van der Waals surface area contributed by atoms with E-state index in [2.05, 4.69) is 52.4 Å². The number of carbonyl (C=O) groups excluding carboxylic acids is 1. The van der Waals surface area contributed by atoms with Gasteiger partial charge in [0.2, 0.25) is 5.91 Å². The molecule has 2 heterocycles. The highest BCUT2D eigenvalue weighted by atomic mass is 16.5. The number of rotatable bonds is 6. The Hall–Kier alpha value is -2.53. The maximum atomic E-state index is 11.4. The number of para-hydroxylation sites is 1. The number of ether oxygens (including phenoxy) is 1. The standard InChI is InChI=1S/C23H29N3O2/c1-18-5-2-3-6-22(18)26-14-12-25(13-15-26)11-4-16-28-20-8-9-21-19(17-20)7-10-23(27)24-21/h2-3,5-6,8-9,17H,4,7,10-16H2,1H3,(H,24,27).